The van der Waals surface area contributed by atoms with Gasteiger partial charge in [-0.3, -0.25) is 0 Å². The number of rotatable bonds is 4. The van der Waals surface area contributed by atoms with Crippen LogP contribution in [0.3, 0.4) is 0 Å². The van der Waals surface area contributed by atoms with E-state index in [1.54, 1.807) is 0 Å². The average Bonchev–Trinajstić information content (AvgIpc) is 2.14. The summed E-state index contributed by atoms with van der Waals surface area (Å²) >= 11 is 7.71. The fourth-order valence-electron chi connectivity index (χ4n) is 0.933. The minimum absolute atomic E-state index is 0.513. The zero-order valence-electron chi connectivity index (χ0n) is 7.66. The van der Waals surface area contributed by atoms with Crippen molar-refractivity contribution >= 4 is 23.4 Å². The first-order valence-corrected chi connectivity index (χ1v) is 5.71. The summed E-state index contributed by atoms with van der Waals surface area (Å²) in [4.78, 5) is 0. The topological polar surface area (TPSA) is 26.0 Å². The number of hydrogen-bond donors (Lipinski definition) is 1. The van der Waals surface area contributed by atoms with Gasteiger partial charge in [-0.2, -0.15) is 11.8 Å². The molecule has 1 unspecified atom stereocenters. The van der Waals surface area contributed by atoms with Crippen molar-refractivity contribution in [2.45, 2.75) is 17.9 Å². The third kappa shape index (κ3) is 4.03. The van der Waals surface area contributed by atoms with Crippen LogP contribution in [0, 0.1) is 0 Å². The highest BCUT2D eigenvalue weighted by molar-refractivity contribution is 7.99. The van der Waals surface area contributed by atoms with E-state index in [4.69, 9.17) is 17.3 Å². The largest absolute Gasteiger partial charge is 0.329 e. The molecule has 1 aromatic rings. The van der Waals surface area contributed by atoms with Crippen molar-refractivity contribution in [1.29, 1.82) is 0 Å². The molecule has 0 saturated carbocycles. The first-order valence-electron chi connectivity index (χ1n) is 4.28. The smallest absolute Gasteiger partial charge is 0.0409 e. The van der Waals surface area contributed by atoms with E-state index in [2.05, 4.69) is 13.0 Å². The van der Waals surface area contributed by atoms with Crippen molar-refractivity contribution in [3.05, 3.63) is 34.9 Å². The fraction of sp³-hybridized carbons (Fsp3) is 0.400. The number of thioether (sulfide) groups is 1. The Morgan fingerprint density at radius 1 is 1.54 bits per heavy atom. The van der Waals surface area contributed by atoms with Gasteiger partial charge in [-0.25, -0.2) is 0 Å². The molecule has 0 aromatic heterocycles. The van der Waals surface area contributed by atoms with E-state index < -0.39 is 0 Å². The second-order valence-electron chi connectivity index (χ2n) is 2.99. The van der Waals surface area contributed by atoms with Crippen molar-refractivity contribution in [3.8, 4) is 0 Å². The summed E-state index contributed by atoms with van der Waals surface area (Å²) in [6, 6.07) is 7.95. The van der Waals surface area contributed by atoms with E-state index in [0.29, 0.717) is 5.25 Å². The Bertz CT molecular complexity index is 265. The predicted molar refractivity (Wildman–Crippen MR) is 61.3 cm³/mol. The van der Waals surface area contributed by atoms with E-state index >= 15 is 0 Å². The Morgan fingerprint density at radius 2 is 2.31 bits per heavy atom. The Hall–Kier alpha value is -0.180. The van der Waals surface area contributed by atoms with Gasteiger partial charge in [0.2, 0.25) is 0 Å². The monoisotopic (exact) mass is 215 g/mol. The highest BCUT2D eigenvalue weighted by Gasteiger charge is 2.00. The van der Waals surface area contributed by atoms with Crippen molar-refractivity contribution in [2.75, 3.05) is 6.54 Å². The van der Waals surface area contributed by atoms with Gasteiger partial charge in [0, 0.05) is 22.6 Å². The first kappa shape index (κ1) is 10.9. The number of nitrogens with two attached hydrogens (primary N) is 1. The molecule has 0 aliphatic rings. The molecule has 0 radical (unpaired) electrons. The molecule has 0 aliphatic heterocycles. The van der Waals surface area contributed by atoms with Crippen LogP contribution < -0.4 is 5.73 Å². The van der Waals surface area contributed by atoms with Crippen LogP contribution in [-0.4, -0.2) is 11.8 Å². The summed E-state index contributed by atoms with van der Waals surface area (Å²) in [5.41, 5.74) is 6.78. The van der Waals surface area contributed by atoms with Gasteiger partial charge < -0.3 is 5.73 Å². The Balaban J connectivity index is 2.45. The van der Waals surface area contributed by atoms with Gasteiger partial charge in [0.05, 0.1) is 0 Å². The highest BCUT2D eigenvalue weighted by Crippen LogP contribution is 2.19. The van der Waals surface area contributed by atoms with Crippen LogP contribution in [0.5, 0.6) is 0 Å². The van der Waals surface area contributed by atoms with Crippen molar-refractivity contribution in [1.82, 2.24) is 0 Å². The lowest BCUT2D eigenvalue weighted by atomic mass is 10.2. The SMILES string of the molecule is CC(CN)SCc1cccc(Cl)c1. The van der Waals surface area contributed by atoms with Crippen LogP contribution in [-0.2, 0) is 5.75 Å². The molecule has 1 nitrogen and oxygen atoms in total. The third-order valence-corrected chi connectivity index (χ3v) is 3.25. The molecule has 0 fully saturated rings. The minimum atomic E-state index is 0.513. The van der Waals surface area contributed by atoms with Crippen LogP contribution in [0.4, 0.5) is 0 Å². The Kier molecular flexibility index (Phi) is 4.64. The van der Waals surface area contributed by atoms with Crippen molar-refractivity contribution in [2.24, 2.45) is 5.73 Å². The molecule has 0 saturated heterocycles. The molecule has 1 aromatic carbocycles. The third-order valence-electron chi connectivity index (χ3n) is 1.76. The van der Waals surface area contributed by atoms with Crippen LogP contribution in [0.15, 0.2) is 24.3 Å². The van der Waals surface area contributed by atoms with Gasteiger partial charge in [0.15, 0.2) is 0 Å². The lowest BCUT2D eigenvalue weighted by Crippen LogP contribution is -2.12. The van der Waals surface area contributed by atoms with E-state index in [0.717, 1.165) is 17.3 Å². The van der Waals surface area contributed by atoms with Gasteiger partial charge in [0.1, 0.15) is 0 Å². The summed E-state index contributed by atoms with van der Waals surface area (Å²) in [5.74, 6) is 0.985. The lowest BCUT2D eigenvalue weighted by molar-refractivity contribution is 0.951. The van der Waals surface area contributed by atoms with Gasteiger partial charge in [-0.1, -0.05) is 30.7 Å². The maximum atomic E-state index is 5.86. The van der Waals surface area contributed by atoms with Gasteiger partial charge >= 0.3 is 0 Å². The number of benzene rings is 1. The zero-order chi connectivity index (χ0) is 9.68. The van der Waals surface area contributed by atoms with E-state index in [-0.39, 0.29) is 0 Å². The molecule has 0 bridgehead atoms. The molecule has 3 heteroatoms. The molecule has 0 aliphatic carbocycles. The van der Waals surface area contributed by atoms with Gasteiger partial charge in [-0.05, 0) is 17.7 Å². The van der Waals surface area contributed by atoms with Crippen molar-refractivity contribution in [3.63, 3.8) is 0 Å². The summed E-state index contributed by atoms with van der Waals surface area (Å²) in [6.45, 7) is 2.86. The Labute approximate surface area is 88.7 Å². The first-order chi connectivity index (χ1) is 6.22. The quantitative estimate of drug-likeness (QED) is 0.836. The minimum Gasteiger partial charge on any atom is -0.329 e. The molecule has 0 heterocycles. The highest BCUT2D eigenvalue weighted by atomic mass is 35.5. The molecule has 0 spiro atoms. The summed E-state index contributed by atoms with van der Waals surface area (Å²) in [5, 5.41) is 1.32. The fourth-order valence-corrected chi connectivity index (χ4v) is 1.94. The average molecular weight is 216 g/mol. The standard InChI is InChI=1S/C10H14ClNS/c1-8(6-12)13-7-9-3-2-4-10(11)5-9/h2-5,8H,6-7,12H2,1H3. The molecular formula is C10H14ClNS. The molecule has 2 N–H and O–H groups in total. The molecule has 13 heavy (non-hydrogen) atoms. The molecule has 72 valence electrons. The molecule has 1 rings (SSSR count). The van der Waals surface area contributed by atoms with Gasteiger partial charge in [-0.15, -0.1) is 0 Å². The normalized spacial score (nSPS) is 12.8. The Morgan fingerprint density at radius 3 is 2.92 bits per heavy atom. The zero-order valence-corrected chi connectivity index (χ0v) is 9.24. The van der Waals surface area contributed by atoms with Crippen LogP contribution in [0.1, 0.15) is 12.5 Å². The van der Waals surface area contributed by atoms with Gasteiger partial charge in [0.25, 0.3) is 0 Å². The lowest BCUT2D eigenvalue weighted by Gasteiger charge is -2.07. The summed E-state index contributed by atoms with van der Waals surface area (Å²) in [6.07, 6.45) is 0. The molecule has 0 amide bonds. The van der Waals surface area contributed by atoms with E-state index in [1.165, 1.54) is 5.56 Å². The van der Waals surface area contributed by atoms with E-state index in [1.807, 2.05) is 30.0 Å². The maximum absolute atomic E-state index is 5.86. The maximum Gasteiger partial charge on any atom is 0.0409 e. The molecular weight excluding hydrogens is 202 g/mol. The van der Waals surface area contributed by atoms with Crippen molar-refractivity contribution < 1.29 is 0 Å². The van der Waals surface area contributed by atoms with E-state index in [9.17, 15) is 0 Å². The predicted octanol–water partition coefficient (Wildman–Crippen LogP) is 2.92. The second kappa shape index (κ2) is 5.53. The second-order valence-corrected chi connectivity index (χ2v) is 4.85. The number of halogens is 1. The molecule has 1 atom stereocenters. The van der Waals surface area contributed by atoms with Crippen LogP contribution in [0.2, 0.25) is 5.02 Å². The van der Waals surface area contributed by atoms with Crippen LogP contribution >= 0.6 is 23.4 Å². The van der Waals surface area contributed by atoms with Crippen LogP contribution in [0.25, 0.3) is 0 Å². The summed E-state index contributed by atoms with van der Waals surface area (Å²) in [7, 11) is 0. The summed E-state index contributed by atoms with van der Waals surface area (Å²) < 4.78 is 0. The number of hydrogen-bond acceptors (Lipinski definition) is 2.